The molecule has 0 saturated carbocycles. The number of benzene rings is 1. The Morgan fingerprint density at radius 1 is 1.42 bits per heavy atom. The van der Waals surface area contributed by atoms with E-state index in [-0.39, 0.29) is 16.7 Å². The molecule has 1 atom stereocenters. The molecule has 1 fully saturated rings. The van der Waals surface area contributed by atoms with Gasteiger partial charge < -0.3 is 10.0 Å². The van der Waals surface area contributed by atoms with Crippen molar-refractivity contribution in [1.29, 1.82) is 0 Å². The van der Waals surface area contributed by atoms with Crippen LogP contribution in [0.25, 0.3) is 0 Å². The molecule has 6 heteroatoms. The van der Waals surface area contributed by atoms with Crippen LogP contribution in [0.4, 0.5) is 0 Å². The van der Waals surface area contributed by atoms with Gasteiger partial charge in [0.25, 0.3) is 0 Å². The maximum absolute atomic E-state index is 12.2. The number of hydrogen-bond acceptors (Lipinski definition) is 4. The van der Waals surface area contributed by atoms with Gasteiger partial charge in [0.05, 0.1) is 0 Å². The van der Waals surface area contributed by atoms with Crippen molar-refractivity contribution >= 4 is 10.0 Å². The Bertz CT molecular complexity index is 530. The highest BCUT2D eigenvalue weighted by atomic mass is 32.2. The molecule has 2 rings (SSSR count). The van der Waals surface area contributed by atoms with Gasteiger partial charge in [-0.2, -0.15) is 0 Å². The first-order valence-electron chi connectivity index (χ1n) is 6.55. The maximum atomic E-state index is 12.2. The summed E-state index contributed by atoms with van der Waals surface area (Å²) >= 11 is 0. The van der Waals surface area contributed by atoms with Crippen LogP contribution in [0, 0.1) is 0 Å². The smallest absolute Gasteiger partial charge is 0.244 e. The fourth-order valence-corrected chi connectivity index (χ4v) is 3.77. The van der Waals surface area contributed by atoms with E-state index in [0.29, 0.717) is 0 Å². The van der Waals surface area contributed by atoms with Gasteiger partial charge in [0, 0.05) is 12.6 Å². The zero-order valence-electron chi connectivity index (χ0n) is 11.0. The van der Waals surface area contributed by atoms with Crippen LogP contribution in [0.15, 0.2) is 29.2 Å². The summed E-state index contributed by atoms with van der Waals surface area (Å²) in [7, 11) is -3.65. The third-order valence-corrected chi connectivity index (χ3v) is 5.00. The van der Waals surface area contributed by atoms with Crippen molar-refractivity contribution in [2.24, 2.45) is 0 Å². The Kier molecular flexibility index (Phi) is 4.44. The lowest BCUT2D eigenvalue weighted by Crippen LogP contribution is -2.47. The number of para-hydroxylation sites is 1. The first-order valence-corrected chi connectivity index (χ1v) is 8.04. The van der Waals surface area contributed by atoms with E-state index in [0.717, 1.165) is 32.5 Å². The van der Waals surface area contributed by atoms with Crippen molar-refractivity contribution in [3.05, 3.63) is 24.3 Å². The summed E-state index contributed by atoms with van der Waals surface area (Å²) < 4.78 is 27.1. The highest BCUT2D eigenvalue weighted by Gasteiger charge is 2.26. The Morgan fingerprint density at radius 3 is 2.84 bits per heavy atom. The SMILES string of the molecule is CCN1CCCC(NS(=O)(=O)c2ccccc2O)C1. The number of likely N-dealkylation sites (tertiary alicyclic amines) is 1. The number of hydrogen-bond donors (Lipinski definition) is 2. The fraction of sp³-hybridized carbons (Fsp3) is 0.538. The molecule has 2 N–H and O–H groups in total. The van der Waals surface area contributed by atoms with Crippen LogP contribution in [-0.2, 0) is 10.0 Å². The number of sulfonamides is 1. The minimum Gasteiger partial charge on any atom is -0.507 e. The van der Waals surface area contributed by atoms with Gasteiger partial charge in [-0.1, -0.05) is 19.1 Å². The first-order chi connectivity index (χ1) is 9.03. The second kappa shape index (κ2) is 5.90. The van der Waals surface area contributed by atoms with Gasteiger partial charge in [-0.15, -0.1) is 0 Å². The van der Waals surface area contributed by atoms with Gasteiger partial charge in [-0.25, -0.2) is 13.1 Å². The molecular weight excluding hydrogens is 264 g/mol. The van der Waals surface area contributed by atoms with E-state index < -0.39 is 10.0 Å². The van der Waals surface area contributed by atoms with Crippen LogP contribution in [-0.4, -0.2) is 44.1 Å². The largest absolute Gasteiger partial charge is 0.507 e. The third-order valence-electron chi connectivity index (χ3n) is 3.43. The summed E-state index contributed by atoms with van der Waals surface area (Å²) in [5.41, 5.74) is 0. The van der Waals surface area contributed by atoms with Gasteiger partial charge in [0.15, 0.2) is 0 Å². The number of rotatable bonds is 4. The summed E-state index contributed by atoms with van der Waals surface area (Å²) in [6.07, 6.45) is 1.82. The average Bonchev–Trinajstić information content (AvgIpc) is 2.38. The molecule has 1 heterocycles. The number of phenolic OH excluding ortho intramolecular Hbond substituents is 1. The van der Waals surface area contributed by atoms with E-state index in [4.69, 9.17) is 0 Å². The molecule has 1 aliphatic rings. The number of phenols is 1. The Hall–Kier alpha value is -1.11. The van der Waals surface area contributed by atoms with Crippen molar-refractivity contribution < 1.29 is 13.5 Å². The fourth-order valence-electron chi connectivity index (χ4n) is 2.41. The number of nitrogens with one attached hydrogen (secondary N) is 1. The van der Waals surface area contributed by atoms with Gasteiger partial charge in [-0.05, 0) is 38.1 Å². The van der Waals surface area contributed by atoms with Crippen LogP contribution < -0.4 is 4.72 Å². The first kappa shape index (κ1) is 14.3. The van der Waals surface area contributed by atoms with E-state index in [1.165, 1.54) is 12.1 Å². The molecule has 0 bridgehead atoms. The molecule has 5 nitrogen and oxygen atoms in total. The molecule has 0 radical (unpaired) electrons. The molecule has 19 heavy (non-hydrogen) atoms. The Balaban J connectivity index is 2.11. The second-order valence-corrected chi connectivity index (χ2v) is 6.50. The minimum atomic E-state index is -3.65. The lowest BCUT2D eigenvalue weighted by molar-refractivity contribution is 0.211. The maximum Gasteiger partial charge on any atom is 0.244 e. The molecule has 0 aliphatic carbocycles. The molecule has 0 amide bonds. The van der Waals surface area contributed by atoms with Crippen molar-refractivity contribution in [2.75, 3.05) is 19.6 Å². The summed E-state index contributed by atoms with van der Waals surface area (Å²) in [6, 6.07) is 5.92. The normalized spacial score (nSPS) is 21.4. The molecular formula is C13H20N2O3S. The molecule has 0 spiro atoms. The molecule has 1 saturated heterocycles. The quantitative estimate of drug-likeness (QED) is 0.870. The summed E-state index contributed by atoms with van der Waals surface area (Å²) in [6.45, 7) is 4.74. The Morgan fingerprint density at radius 2 is 2.16 bits per heavy atom. The van der Waals surface area contributed by atoms with Crippen LogP contribution >= 0.6 is 0 Å². The highest BCUT2D eigenvalue weighted by Crippen LogP contribution is 2.22. The zero-order valence-corrected chi connectivity index (χ0v) is 11.9. The standard InChI is InChI=1S/C13H20N2O3S/c1-2-15-9-5-6-11(10-15)14-19(17,18)13-8-4-3-7-12(13)16/h3-4,7-8,11,14,16H,2,5-6,9-10H2,1H3. The summed E-state index contributed by atoms with van der Waals surface area (Å²) in [5, 5.41) is 9.64. The second-order valence-electron chi connectivity index (χ2n) is 4.82. The molecule has 106 valence electrons. The molecule has 1 aliphatic heterocycles. The predicted molar refractivity (Wildman–Crippen MR) is 73.6 cm³/mol. The van der Waals surface area contributed by atoms with E-state index in [1.807, 2.05) is 0 Å². The average molecular weight is 284 g/mol. The van der Waals surface area contributed by atoms with Crippen LogP contribution in [0.2, 0.25) is 0 Å². The van der Waals surface area contributed by atoms with Gasteiger partial charge >= 0.3 is 0 Å². The van der Waals surface area contributed by atoms with Crippen molar-refractivity contribution in [1.82, 2.24) is 9.62 Å². The summed E-state index contributed by atoms with van der Waals surface area (Å²) in [4.78, 5) is 2.17. The van der Waals surface area contributed by atoms with Gasteiger partial charge in [0.2, 0.25) is 10.0 Å². The van der Waals surface area contributed by atoms with Crippen LogP contribution in [0.3, 0.4) is 0 Å². The van der Waals surface area contributed by atoms with Gasteiger partial charge in [-0.3, -0.25) is 0 Å². The van der Waals surface area contributed by atoms with E-state index in [2.05, 4.69) is 16.5 Å². The van der Waals surface area contributed by atoms with Crippen LogP contribution in [0.1, 0.15) is 19.8 Å². The predicted octanol–water partition coefficient (Wildman–Crippen LogP) is 1.15. The number of piperidine rings is 1. The Labute approximate surface area is 114 Å². The summed E-state index contributed by atoms with van der Waals surface area (Å²) in [5.74, 6) is -0.210. The zero-order chi connectivity index (χ0) is 13.9. The monoisotopic (exact) mass is 284 g/mol. The molecule has 1 aromatic carbocycles. The molecule has 1 aromatic rings. The minimum absolute atomic E-state index is 0.0522. The topological polar surface area (TPSA) is 69.6 Å². The van der Waals surface area contributed by atoms with Crippen molar-refractivity contribution in [3.8, 4) is 5.75 Å². The molecule has 0 aromatic heterocycles. The van der Waals surface area contributed by atoms with Crippen molar-refractivity contribution in [2.45, 2.75) is 30.7 Å². The van der Waals surface area contributed by atoms with Crippen molar-refractivity contribution in [3.63, 3.8) is 0 Å². The van der Waals surface area contributed by atoms with E-state index >= 15 is 0 Å². The molecule has 1 unspecified atom stereocenters. The third kappa shape index (κ3) is 3.46. The lowest BCUT2D eigenvalue weighted by Gasteiger charge is -2.32. The number of likely N-dealkylation sites (N-methyl/N-ethyl adjacent to an activating group) is 1. The van der Waals surface area contributed by atoms with Gasteiger partial charge in [0.1, 0.15) is 10.6 Å². The van der Waals surface area contributed by atoms with E-state index in [1.54, 1.807) is 12.1 Å². The van der Waals surface area contributed by atoms with E-state index in [9.17, 15) is 13.5 Å². The number of nitrogens with zero attached hydrogens (tertiary/aromatic N) is 1. The number of aromatic hydroxyl groups is 1. The highest BCUT2D eigenvalue weighted by molar-refractivity contribution is 7.89. The lowest BCUT2D eigenvalue weighted by atomic mass is 10.1. The van der Waals surface area contributed by atoms with Crippen LogP contribution in [0.5, 0.6) is 5.75 Å².